The molecule has 0 saturated carbocycles. The van der Waals surface area contributed by atoms with Crippen LogP contribution in [0.5, 0.6) is 0 Å². The van der Waals surface area contributed by atoms with Crippen LogP contribution in [0.25, 0.3) is 0 Å². The van der Waals surface area contributed by atoms with Gasteiger partial charge >= 0.3 is 0 Å². The maximum Gasteiger partial charge on any atom is 0.238 e. The molecule has 92 valence electrons. The number of benzene rings is 1. The van der Waals surface area contributed by atoms with Gasteiger partial charge in [-0.2, -0.15) is 0 Å². The zero-order valence-electron chi connectivity index (χ0n) is 10.4. The second-order valence-corrected chi connectivity index (χ2v) is 4.90. The Morgan fingerprint density at radius 3 is 2.88 bits per heavy atom. The van der Waals surface area contributed by atoms with Crippen molar-refractivity contribution in [3.05, 3.63) is 30.3 Å². The number of piperidine rings is 1. The Hall–Kier alpha value is -1.35. The first-order valence-electron chi connectivity index (χ1n) is 6.31. The van der Waals surface area contributed by atoms with Crippen LogP contribution in [0.15, 0.2) is 30.3 Å². The van der Waals surface area contributed by atoms with Crippen LogP contribution in [0.2, 0.25) is 0 Å². The molecule has 1 aromatic carbocycles. The molecular weight excluding hydrogens is 212 g/mol. The summed E-state index contributed by atoms with van der Waals surface area (Å²) in [5.41, 5.74) is 0.877. The Kier molecular flexibility index (Phi) is 4.15. The average molecular weight is 232 g/mol. The molecule has 0 spiro atoms. The van der Waals surface area contributed by atoms with Crippen molar-refractivity contribution in [2.24, 2.45) is 5.92 Å². The normalized spacial score (nSPS) is 21.1. The number of nitrogens with zero attached hydrogens (tertiary/aromatic N) is 1. The van der Waals surface area contributed by atoms with Crippen molar-refractivity contribution in [3.63, 3.8) is 0 Å². The second kappa shape index (κ2) is 5.82. The van der Waals surface area contributed by atoms with Gasteiger partial charge in [0.15, 0.2) is 0 Å². The summed E-state index contributed by atoms with van der Waals surface area (Å²) in [5.74, 6) is 0.804. The van der Waals surface area contributed by atoms with Gasteiger partial charge in [-0.3, -0.25) is 9.69 Å². The van der Waals surface area contributed by atoms with E-state index in [1.54, 1.807) is 0 Å². The van der Waals surface area contributed by atoms with Crippen LogP contribution in [0, 0.1) is 5.92 Å². The van der Waals surface area contributed by atoms with Gasteiger partial charge in [0, 0.05) is 12.2 Å². The summed E-state index contributed by atoms with van der Waals surface area (Å²) in [6.45, 7) is 4.86. The Labute approximate surface area is 103 Å². The Morgan fingerprint density at radius 1 is 1.41 bits per heavy atom. The van der Waals surface area contributed by atoms with Gasteiger partial charge in [0.05, 0.1) is 6.54 Å². The molecular formula is C14H20N2O. The van der Waals surface area contributed by atoms with Crippen LogP contribution in [0.4, 0.5) is 5.69 Å². The molecule has 3 nitrogen and oxygen atoms in total. The number of hydrogen-bond acceptors (Lipinski definition) is 2. The zero-order valence-corrected chi connectivity index (χ0v) is 10.4. The van der Waals surface area contributed by atoms with E-state index in [-0.39, 0.29) is 5.91 Å². The monoisotopic (exact) mass is 232 g/mol. The first-order valence-corrected chi connectivity index (χ1v) is 6.31. The Balaban J connectivity index is 1.81. The quantitative estimate of drug-likeness (QED) is 0.867. The van der Waals surface area contributed by atoms with E-state index in [2.05, 4.69) is 17.1 Å². The molecule has 1 heterocycles. The number of likely N-dealkylation sites (tertiary alicyclic amines) is 1. The fourth-order valence-electron chi connectivity index (χ4n) is 2.36. The lowest BCUT2D eigenvalue weighted by Gasteiger charge is -2.30. The van der Waals surface area contributed by atoms with Gasteiger partial charge < -0.3 is 5.32 Å². The molecule has 1 atom stereocenters. The molecule has 0 radical (unpaired) electrons. The van der Waals surface area contributed by atoms with Crippen molar-refractivity contribution in [3.8, 4) is 0 Å². The van der Waals surface area contributed by atoms with Crippen LogP contribution in [0.1, 0.15) is 19.8 Å². The van der Waals surface area contributed by atoms with Crippen molar-refractivity contribution in [1.82, 2.24) is 4.90 Å². The number of amides is 1. The van der Waals surface area contributed by atoms with Crippen molar-refractivity contribution >= 4 is 11.6 Å². The third kappa shape index (κ3) is 3.86. The number of rotatable bonds is 3. The summed E-state index contributed by atoms with van der Waals surface area (Å²) in [6.07, 6.45) is 2.50. The smallest absolute Gasteiger partial charge is 0.238 e. The molecule has 3 heteroatoms. The molecule has 0 aliphatic carbocycles. The van der Waals surface area contributed by atoms with E-state index in [1.165, 1.54) is 12.8 Å². The van der Waals surface area contributed by atoms with Gasteiger partial charge in [0.25, 0.3) is 0 Å². The minimum Gasteiger partial charge on any atom is -0.325 e. The molecule has 17 heavy (non-hydrogen) atoms. The first-order chi connectivity index (χ1) is 8.24. The summed E-state index contributed by atoms with van der Waals surface area (Å²) in [5, 5.41) is 2.92. The Morgan fingerprint density at radius 2 is 2.18 bits per heavy atom. The maximum atomic E-state index is 11.8. The standard InChI is InChI=1S/C14H20N2O/c1-12-6-5-9-16(10-12)11-14(17)15-13-7-3-2-4-8-13/h2-4,7-8,12H,5-6,9-11H2,1H3,(H,15,17)/t12-/m0/s1. The molecule has 1 N–H and O–H groups in total. The van der Waals surface area contributed by atoms with Crippen molar-refractivity contribution in [2.75, 3.05) is 25.0 Å². The largest absolute Gasteiger partial charge is 0.325 e. The summed E-state index contributed by atoms with van der Waals surface area (Å²) >= 11 is 0. The molecule has 1 aliphatic heterocycles. The van der Waals surface area contributed by atoms with E-state index in [0.29, 0.717) is 12.5 Å². The minimum atomic E-state index is 0.0882. The second-order valence-electron chi connectivity index (χ2n) is 4.90. The number of carbonyl (C=O) groups excluding carboxylic acids is 1. The topological polar surface area (TPSA) is 32.3 Å². The highest BCUT2D eigenvalue weighted by atomic mass is 16.2. The van der Waals surface area contributed by atoms with Gasteiger partial charge in [0.2, 0.25) is 5.91 Å². The lowest BCUT2D eigenvalue weighted by Crippen LogP contribution is -2.39. The summed E-state index contributed by atoms with van der Waals surface area (Å²) < 4.78 is 0. The van der Waals surface area contributed by atoms with E-state index in [4.69, 9.17) is 0 Å². The van der Waals surface area contributed by atoms with Crippen LogP contribution in [-0.2, 0) is 4.79 Å². The van der Waals surface area contributed by atoms with E-state index < -0.39 is 0 Å². The molecule has 2 rings (SSSR count). The number of para-hydroxylation sites is 1. The van der Waals surface area contributed by atoms with Gasteiger partial charge in [-0.1, -0.05) is 25.1 Å². The van der Waals surface area contributed by atoms with Gasteiger partial charge in [-0.15, -0.1) is 0 Å². The van der Waals surface area contributed by atoms with Crippen LogP contribution in [0.3, 0.4) is 0 Å². The highest BCUT2D eigenvalue weighted by molar-refractivity contribution is 5.92. The van der Waals surface area contributed by atoms with E-state index >= 15 is 0 Å². The highest BCUT2D eigenvalue weighted by Crippen LogP contribution is 2.15. The third-order valence-electron chi connectivity index (χ3n) is 3.17. The molecule has 1 fully saturated rings. The van der Waals surface area contributed by atoms with Crippen LogP contribution < -0.4 is 5.32 Å². The first kappa shape index (κ1) is 12.1. The van der Waals surface area contributed by atoms with Gasteiger partial charge in [0.1, 0.15) is 0 Å². The molecule has 1 aromatic rings. The van der Waals surface area contributed by atoms with E-state index in [9.17, 15) is 4.79 Å². The predicted octanol–water partition coefficient (Wildman–Crippen LogP) is 2.36. The third-order valence-corrected chi connectivity index (χ3v) is 3.17. The summed E-state index contributed by atoms with van der Waals surface area (Å²) in [7, 11) is 0. The highest BCUT2D eigenvalue weighted by Gasteiger charge is 2.18. The van der Waals surface area contributed by atoms with Gasteiger partial charge in [-0.05, 0) is 37.4 Å². The SMILES string of the molecule is C[C@H]1CCCN(CC(=O)Nc2ccccc2)C1. The molecule has 1 saturated heterocycles. The molecule has 1 amide bonds. The number of nitrogens with one attached hydrogen (secondary N) is 1. The van der Waals surface area contributed by atoms with Crippen molar-refractivity contribution in [1.29, 1.82) is 0 Å². The van der Waals surface area contributed by atoms with Gasteiger partial charge in [-0.25, -0.2) is 0 Å². The summed E-state index contributed by atoms with van der Waals surface area (Å²) in [6, 6.07) is 9.63. The number of carbonyl (C=O) groups is 1. The van der Waals surface area contributed by atoms with Crippen molar-refractivity contribution < 1.29 is 4.79 Å². The number of anilines is 1. The average Bonchev–Trinajstić information content (AvgIpc) is 2.30. The predicted molar refractivity (Wildman–Crippen MR) is 69.9 cm³/mol. The Bertz CT molecular complexity index is 364. The zero-order chi connectivity index (χ0) is 12.1. The summed E-state index contributed by atoms with van der Waals surface area (Å²) in [4.78, 5) is 14.1. The lowest BCUT2D eigenvalue weighted by molar-refractivity contribution is -0.117. The molecule has 1 aliphatic rings. The molecule has 0 bridgehead atoms. The maximum absolute atomic E-state index is 11.8. The van der Waals surface area contributed by atoms with Crippen LogP contribution in [-0.4, -0.2) is 30.4 Å². The van der Waals surface area contributed by atoms with Crippen LogP contribution >= 0.6 is 0 Å². The fraction of sp³-hybridized carbons (Fsp3) is 0.500. The molecule has 0 unspecified atom stereocenters. The minimum absolute atomic E-state index is 0.0882. The van der Waals surface area contributed by atoms with Crippen molar-refractivity contribution in [2.45, 2.75) is 19.8 Å². The molecule has 0 aromatic heterocycles. The number of hydrogen-bond donors (Lipinski definition) is 1. The fourth-order valence-corrected chi connectivity index (χ4v) is 2.36. The van der Waals surface area contributed by atoms with E-state index in [0.717, 1.165) is 18.8 Å². The van der Waals surface area contributed by atoms with E-state index in [1.807, 2.05) is 30.3 Å². The lowest BCUT2D eigenvalue weighted by atomic mass is 10.0.